The molecule has 0 aliphatic heterocycles. The number of nitrogens with zero attached hydrogens (tertiary/aromatic N) is 1. The zero-order valence-corrected chi connectivity index (χ0v) is 11.3. The molecule has 0 bridgehead atoms. The van der Waals surface area contributed by atoms with Gasteiger partial charge in [-0.3, -0.25) is 0 Å². The van der Waals surface area contributed by atoms with Gasteiger partial charge >= 0.3 is 0 Å². The normalized spacial score (nSPS) is 17.1. The largest absolute Gasteiger partial charge is 0.409 e. The zero-order chi connectivity index (χ0) is 14.0. The van der Waals surface area contributed by atoms with Crippen molar-refractivity contribution in [2.75, 3.05) is 11.9 Å². The first-order valence-corrected chi connectivity index (χ1v) is 6.90. The average Bonchev–Trinajstić information content (AvgIpc) is 3.25. The number of nitrogens with one attached hydrogen (secondary N) is 1. The molecule has 0 unspecified atom stereocenters. The second-order valence-corrected chi connectivity index (χ2v) is 5.65. The number of hydrogen-bond donors (Lipinski definition) is 3. The summed E-state index contributed by atoms with van der Waals surface area (Å²) in [6.07, 6.45) is 2.91. The van der Waals surface area contributed by atoms with E-state index in [4.69, 9.17) is 10.9 Å². The molecule has 3 rings (SSSR count). The van der Waals surface area contributed by atoms with Gasteiger partial charge in [0.2, 0.25) is 0 Å². The van der Waals surface area contributed by atoms with Crippen LogP contribution in [-0.4, -0.2) is 17.6 Å². The molecule has 0 radical (unpaired) electrons. The molecule has 20 heavy (non-hydrogen) atoms. The summed E-state index contributed by atoms with van der Waals surface area (Å²) in [5, 5.41) is 17.8. The van der Waals surface area contributed by atoms with Crippen LogP contribution in [0.1, 0.15) is 19.3 Å². The fourth-order valence-electron chi connectivity index (χ4n) is 2.67. The van der Waals surface area contributed by atoms with Crippen LogP contribution in [0, 0.1) is 5.41 Å². The van der Waals surface area contributed by atoms with Crippen LogP contribution in [0.3, 0.4) is 0 Å². The molecule has 0 amide bonds. The van der Waals surface area contributed by atoms with Crippen molar-refractivity contribution in [2.45, 2.75) is 19.3 Å². The lowest BCUT2D eigenvalue weighted by atomic mass is 10.0. The Morgan fingerprint density at radius 1 is 1.20 bits per heavy atom. The number of rotatable bonds is 5. The molecule has 4 nitrogen and oxygen atoms in total. The van der Waals surface area contributed by atoms with Gasteiger partial charge in [-0.1, -0.05) is 41.6 Å². The quantitative estimate of drug-likeness (QED) is 0.338. The summed E-state index contributed by atoms with van der Waals surface area (Å²) in [5.41, 5.74) is 6.94. The Hall–Kier alpha value is -2.23. The van der Waals surface area contributed by atoms with E-state index in [-0.39, 0.29) is 5.41 Å². The highest BCUT2D eigenvalue weighted by atomic mass is 16.4. The zero-order valence-electron chi connectivity index (χ0n) is 11.3. The van der Waals surface area contributed by atoms with Gasteiger partial charge in [-0.15, -0.1) is 0 Å². The minimum absolute atomic E-state index is 0.160. The van der Waals surface area contributed by atoms with Gasteiger partial charge < -0.3 is 16.3 Å². The molecule has 0 heterocycles. The third-order valence-corrected chi connectivity index (χ3v) is 4.09. The maximum atomic E-state index is 8.70. The van der Waals surface area contributed by atoms with Crippen LogP contribution in [0.2, 0.25) is 0 Å². The molecule has 4 N–H and O–H groups in total. The van der Waals surface area contributed by atoms with E-state index in [0.717, 1.165) is 25.1 Å². The van der Waals surface area contributed by atoms with Crippen molar-refractivity contribution in [3.05, 3.63) is 42.5 Å². The molecular weight excluding hydrogens is 250 g/mol. The molecule has 0 atom stereocenters. The molecule has 1 aliphatic rings. The monoisotopic (exact) mass is 269 g/mol. The highest BCUT2D eigenvalue weighted by Crippen LogP contribution is 2.48. The van der Waals surface area contributed by atoms with Crippen LogP contribution in [0.15, 0.2) is 47.6 Å². The smallest absolute Gasteiger partial charge is 0.139 e. The first-order valence-electron chi connectivity index (χ1n) is 6.90. The van der Waals surface area contributed by atoms with E-state index >= 15 is 0 Å². The van der Waals surface area contributed by atoms with E-state index in [1.54, 1.807) is 0 Å². The Bertz CT molecular complexity index is 642. The summed E-state index contributed by atoms with van der Waals surface area (Å²) in [6.45, 7) is 0.858. The van der Waals surface area contributed by atoms with Crippen molar-refractivity contribution < 1.29 is 5.21 Å². The second-order valence-electron chi connectivity index (χ2n) is 5.65. The standard InChI is InChI=1S/C16H19N3O/c17-15(19-20)10-16(8-9-16)11-18-14-7-3-5-12-4-1-2-6-13(12)14/h1-7,18,20H,8-11H2,(H2,17,19). The summed E-state index contributed by atoms with van der Waals surface area (Å²) >= 11 is 0. The number of anilines is 1. The Kier molecular flexibility index (Phi) is 3.22. The molecule has 2 aromatic carbocycles. The minimum Gasteiger partial charge on any atom is -0.409 e. The van der Waals surface area contributed by atoms with Gasteiger partial charge in [0.25, 0.3) is 0 Å². The van der Waals surface area contributed by atoms with Crippen LogP contribution >= 0.6 is 0 Å². The second kappa shape index (κ2) is 5.04. The molecule has 104 valence electrons. The lowest BCUT2D eigenvalue weighted by molar-refractivity contribution is 0.315. The lowest BCUT2D eigenvalue weighted by Crippen LogP contribution is -2.23. The van der Waals surface area contributed by atoms with E-state index in [9.17, 15) is 0 Å². The predicted molar refractivity (Wildman–Crippen MR) is 82.1 cm³/mol. The molecule has 4 heteroatoms. The summed E-state index contributed by atoms with van der Waals surface area (Å²) in [4.78, 5) is 0. The summed E-state index contributed by atoms with van der Waals surface area (Å²) in [6, 6.07) is 14.6. The van der Waals surface area contributed by atoms with Crippen LogP contribution < -0.4 is 11.1 Å². The van der Waals surface area contributed by atoms with Gasteiger partial charge in [0.15, 0.2) is 0 Å². The molecule has 1 fully saturated rings. The van der Waals surface area contributed by atoms with E-state index < -0.39 is 0 Å². The van der Waals surface area contributed by atoms with E-state index in [0.29, 0.717) is 12.3 Å². The molecule has 1 aliphatic carbocycles. The molecule has 0 spiro atoms. The number of oxime groups is 1. The fraction of sp³-hybridized carbons (Fsp3) is 0.312. The fourth-order valence-corrected chi connectivity index (χ4v) is 2.67. The van der Waals surface area contributed by atoms with Crippen LogP contribution in [0.25, 0.3) is 10.8 Å². The molecule has 1 saturated carbocycles. The van der Waals surface area contributed by atoms with Crippen LogP contribution in [0.5, 0.6) is 0 Å². The molecule has 2 aromatic rings. The Labute approximate surface area is 118 Å². The van der Waals surface area contributed by atoms with Gasteiger partial charge in [0.1, 0.15) is 5.84 Å². The van der Waals surface area contributed by atoms with Crippen molar-refractivity contribution in [2.24, 2.45) is 16.3 Å². The van der Waals surface area contributed by atoms with Gasteiger partial charge in [0.05, 0.1) is 0 Å². The maximum absolute atomic E-state index is 8.70. The number of benzene rings is 2. The SMILES string of the molecule is NC(CC1(CNc2cccc3ccccc23)CC1)=NO. The average molecular weight is 269 g/mol. The van der Waals surface area contributed by atoms with Gasteiger partial charge in [-0.2, -0.15) is 0 Å². The molecule has 0 aromatic heterocycles. The van der Waals surface area contributed by atoms with Crippen molar-refractivity contribution in [3.8, 4) is 0 Å². The number of nitrogens with two attached hydrogens (primary N) is 1. The van der Waals surface area contributed by atoms with Crippen molar-refractivity contribution in [1.82, 2.24) is 0 Å². The third kappa shape index (κ3) is 2.54. The van der Waals surface area contributed by atoms with E-state index in [1.807, 2.05) is 6.07 Å². The van der Waals surface area contributed by atoms with Gasteiger partial charge in [0, 0.05) is 24.0 Å². The van der Waals surface area contributed by atoms with Crippen molar-refractivity contribution in [1.29, 1.82) is 0 Å². The minimum atomic E-state index is 0.160. The summed E-state index contributed by atoms with van der Waals surface area (Å²) < 4.78 is 0. The number of hydrogen-bond acceptors (Lipinski definition) is 3. The summed E-state index contributed by atoms with van der Waals surface area (Å²) in [5.74, 6) is 0.321. The Morgan fingerprint density at radius 3 is 2.70 bits per heavy atom. The summed E-state index contributed by atoms with van der Waals surface area (Å²) in [7, 11) is 0. The van der Waals surface area contributed by atoms with Crippen LogP contribution in [-0.2, 0) is 0 Å². The molecule has 0 saturated heterocycles. The van der Waals surface area contributed by atoms with E-state index in [2.05, 4.69) is 46.9 Å². The highest BCUT2D eigenvalue weighted by Gasteiger charge is 2.43. The predicted octanol–water partition coefficient (Wildman–Crippen LogP) is 3.17. The Balaban J connectivity index is 1.75. The number of amidine groups is 1. The Morgan fingerprint density at radius 2 is 1.95 bits per heavy atom. The van der Waals surface area contributed by atoms with Crippen LogP contribution in [0.4, 0.5) is 5.69 Å². The topological polar surface area (TPSA) is 70.6 Å². The first kappa shape index (κ1) is 12.8. The van der Waals surface area contributed by atoms with Crippen molar-refractivity contribution in [3.63, 3.8) is 0 Å². The van der Waals surface area contributed by atoms with E-state index in [1.165, 1.54) is 10.8 Å². The van der Waals surface area contributed by atoms with Gasteiger partial charge in [-0.05, 0) is 29.7 Å². The number of fused-ring (bicyclic) bond motifs is 1. The lowest BCUT2D eigenvalue weighted by Gasteiger charge is -2.17. The first-order chi connectivity index (χ1) is 9.72. The maximum Gasteiger partial charge on any atom is 0.139 e. The third-order valence-electron chi connectivity index (χ3n) is 4.09. The molecular formula is C16H19N3O. The van der Waals surface area contributed by atoms with Gasteiger partial charge in [-0.25, -0.2) is 0 Å². The van der Waals surface area contributed by atoms with Crippen molar-refractivity contribution >= 4 is 22.3 Å². The highest BCUT2D eigenvalue weighted by molar-refractivity contribution is 5.93.